The zero-order valence-electron chi connectivity index (χ0n) is 15.3. The average molecular weight is 464 g/mol. The molecule has 1 aromatic heterocycles. The lowest BCUT2D eigenvalue weighted by atomic mass is 10.1. The van der Waals surface area contributed by atoms with E-state index in [1.165, 1.54) is 37.1 Å². The molecule has 0 radical (unpaired) electrons. The largest absolute Gasteiger partial charge is 0.363 e. The van der Waals surface area contributed by atoms with E-state index >= 15 is 0 Å². The Morgan fingerprint density at radius 1 is 1.33 bits per heavy atom. The van der Waals surface area contributed by atoms with E-state index in [2.05, 4.69) is 51.9 Å². The van der Waals surface area contributed by atoms with E-state index in [-0.39, 0.29) is 24.0 Å². The highest BCUT2D eigenvalue weighted by molar-refractivity contribution is 14.0. The molecule has 1 fully saturated rings. The third-order valence-electron chi connectivity index (χ3n) is 4.38. The van der Waals surface area contributed by atoms with Gasteiger partial charge >= 0.3 is 0 Å². The average Bonchev–Trinajstić information content (AvgIpc) is 3.08. The molecule has 0 atom stereocenters. The maximum atomic E-state index is 4.37. The number of nitrogens with one attached hydrogen (secondary N) is 2. The van der Waals surface area contributed by atoms with E-state index in [1.54, 1.807) is 0 Å². The SMILES string of the molecule is CN=C(NCCCCC(C)C)NC1CCN(c2cccs2)CC1.I. The molecule has 1 aliphatic heterocycles. The first-order valence-electron chi connectivity index (χ1n) is 8.94. The molecular formula is C18H33IN4S. The summed E-state index contributed by atoms with van der Waals surface area (Å²) in [6, 6.07) is 4.89. The minimum Gasteiger partial charge on any atom is -0.363 e. The molecule has 138 valence electrons. The molecule has 24 heavy (non-hydrogen) atoms. The number of thiophene rings is 1. The summed E-state index contributed by atoms with van der Waals surface area (Å²) in [6.07, 6.45) is 6.17. The molecule has 1 aliphatic rings. The second-order valence-electron chi connectivity index (χ2n) is 6.75. The summed E-state index contributed by atoms with van der Waals surface area (Å²) in [7, 11) is 1.87. The van der Waals surface area contributed by atoms with Crippen molar-refractivity contribution in [3.63, 3.8) is 0 Å². The minimum absolute atomic E-state index is 0. The lowest BCUT2D eigenvalue weighted by Crippen LogP contribution is -2.48. The molecule has 0 saturated carbocycles. The second-order valence-corrected chi connectivity index (χ2v) is 7.67. The highest BCUT2D eigenvalue weighted by Crippen LogP contribution is 2.24. The van der Waals surface area contributed by atoms with Gasteiger partial charge in [-0.2, -0.15) is 0 Å². The fourth-order valence-corrected chi connectivity index (χ4v) is 3.75. The van der Waals surface area contributed by atoms with Gasteiger partial charge in [0.2, 0.25) is 0 Å². The number of unbranched alkanes of at least 4 members (excludes halogenated alkanes) is 1. The van der Waals surface area contributed by atoms with Crippen LogP contribution in [0.25, 0.3) is 0 Å². The van der Waals surface area contributed by atoms with Crippen molar-refractivity contribution in [3.05, 3.63) is 17.5 Å². The lowest BCUT2D eigenvalue weighted by Gasteiger charge is -2.33. The van der Waals surface area contributed by atoms with E-state index in [9.17, 15) is 0 Å². The molecule has 1 aromatic rings. The Hall–Kier alpha value is -0.500. The quantitative estimate of drug-likeness (QED) is 0.273. The van der Waals surface area contributed by atoms with Crippen LogP contribution in [0.5, 0.6) is 0 Å². The predicted molar refractivity (Wildman–Crippen MR) is 118 cm³/mol. The Kier molecular flexibility index (Phi) is 10.7. The van der Waals surface area contributed by atoms with Gasteiger partial charge in [0.25, 0.3) is 0 Å². The van der Waals surface area contributed by atoms with Gasteiger partial charge in [-0.3, -0.25) is 4.99 Å². The number of hydrogen-bond acceptors (Lipinski definition) is 3. The fourth-order valence-electron chi connectivity index (χ4n) is 2.97. The van der Waals surface area contributed by atoms with Crippen molar-refractivity contribution in [1.29, 1.82) is 0 Å². The van der Waals surface area contributed by atoms with Crippen molar-refractivity contribution in [2.24, 2.45) is 10.9 Å². The van der Waals surface area contributed by atoms with Crippen LogP contribution < -0.4 is 15.5 Å². The number of aliphatic imine (C=N–C) groups is 1. The van der Waals surface area contributed by atoms with E-state index < -0.39 is 0 Å². The summed E-state index contributed by atoms with van der Waals surface area (Å²) in [5, 5.41) is 10.6. The maximum Gasteiger partial charge on any atom is 0.191 e. The summed E-state index contributed by atoms with van der Waals surface area (Å²) >= 11 is 1.84. The van der Waals surface area contributed by atoms with E-state index in [0.29, 0.717) is 6.04 Å². The maximum absolute atomic E-state index is 4.37. The minimum atomic E-state index is 0. The Morgan fingerprint density at radius 3 is 2.67 bits per heavy atom. The molecule has 0 aliphatic carbocycles. The van der Waals surface area contributed by atoms with Crippen LogP contribution in [0.15, 0.2) is 22.5 Å². The normalized spacial score (nSPS) is 16.2. The van der Waals surface area contributed by atoms with Crippen LogP contribution in [0.3, 0.4) is 0 Å². The molecule has 0 spiro atoms. The zero-order valence-corrected chi connectivity index (χ0v) is 18.4. The second kappa shape index (κ2) is 12.0. The summed E-state index contributed by atoms with van der Waals surface area (Å²) in [6.45, 7) is 7.85. The monoisotopic (exact) mass is 464 g/mol. The van der Waals surface area contributed by atoms with Gasteiger partial charge in [-0.15, -0.1) is 35.3 Å². The molecule has 2 rings (SSSR count). The lowest BCUT2D eigenvalue weighted by molar-refractivity contribution is 0.461. The number of halogens is 1. The van der Waals surface area contributed by atoms with Gasteiger partial charge in [0.15, 0.2) is 5.96 Å². The van der Waals surface area contributed by atoms with E-state index in [1.807, 2.05) is 18.4 Å². The highest BCUT2D eigenvalue weighted by Gasteiger charge is 2.20. The van der Waals surface area contributed by atoms with Crippen molar-refractivity contribution >= 4 is 46.3 Å². The van der Waals surface area contributed by atoms with Gasteiger partial charge in [-0.25, -0.2) is 0 Å². The van der Waals surface area contributed by atoms with Gasteiger partial charge in [0.1, 0.15) is 0 Å². The van der Waals surface area contributed by atoms with Crippen molar-refractivity contribution in [2.45, 2.75) is 52.0 Å². The van der Waals surface area contributed by atoms with Crippen LogP contribution in [0.2, 0.25) is 0 Å². The summed E-state index contributed by atoms with van der Waals surface area (Å²) in [5.41, 5.74) is 0. The standard InChI is InChI=1S/C18H32N4S.HI/c1-15(2)7-4-5-11-20-18(19-3)21-16-9-12-22(13-10-16)17-8-6-14-23-17;/h6,8,14-16H,4-5,7,9-13H2,1-3H3,(H2,19,20,21);1H. The molecule has 2 N–H and O–H groups in total. The molecule has 2 heterocycles. The Bertz CT molecular complexity index is 454. The number of anilines is 1. The number of hydrogen-bond donors (Lipinski definition) is 2. The van der Waals surface area contributed by atoms with Crippen LogP contribution in [0, 0.1) is 5.92 Å². The molecule has 6 heteroatoms. The molecule has 4 nitrogen and oxygen atoms in total. The smallest absolute Gasteiger partial charge is 0.191 e. The van der Waals surface area contributed by atoms with Crippen LogP contribution in [0.1, 0.15) is 46.0 Å². The number of rotatable bonds is 7. The summed E-state index contributed by atoms with van der Waals surface area (Å²) in [5.74, 6) is 1.77. The van der Waals surface area contributed by atoms with E-state index in [4.69, 9.17) is 0 Å². The van der Waals surface area contributed by atoms with Crippen LogP contribution in [0.4, 0.5) is 5.00 Å². The fraction of sp³-hybridized carbons (Fsp3) is 0.722. The Morgan fingerprint density at radius 2 is 2.08 bits per heavy atom. The van der Waals surface area contributed by atoms with Crippen molar-refractivity contribution < 1.29 is 0 Å². The van der Waals surface area contributed by atoms with Gasteiger partial charge in [0, 0.05) is 32.7 Å². The molecule has 1 saturated heterocycles. The molecule has 0 unspecified atom stereocenters. The Balaban J connectivity index is 0.00000288. The number of nitrogens with zero attached hydrogens (tertiary/aromatic N) is 2. The third-order valence-corrected chi connectivity index (χ3v) is 5.31. The van der Waals surface area contributed by atoms with Crippen LogP contribution in [-0.2, 0) is 0 Å². The first-order chi connectivity index (χ1) is 11.2. The predicted octanol–water partition coefficient (Wildman–Crippen LogP) is 4.33. The van der Waals surface area contributed by atoms with Gasteiger partial charge in [0.05, 0.1) is 5.00 Å². The van der Waals surface area contributed by atoms with Crippen molar-refractivity contribution in [2.75, 3.05) is 31.6 Å². The van der Waals surface area contributed by atoms with Gasteiger partial charge < -0.3 is 15.5 Å². The molecular weight excluding hydrogens is 431 g/mol. The van der Waals surface area contributed by atoms with Gasteiger partial charge in [-0.05, 0) is 42.7 Å². The first kappa shape index (κ1) is 21.5. The van der Waals surface area contributed by atoms with E-state index in [0.717, 1.165) is 31.5 Å². The van der Waals surface area contributed by atoms with Gasteiger partial charge in [-0.1, -0.05) is 26.7 Å². The highest BCUT2D eigenvalue weighted by atomic mass is 127. The zero-order chi connectivity index (χ0) is 16.5. The Labute approximate surface area is 168 Å². The summed E-state index contributed by atoms with van der Waals surface area (Å²) in [4.78, 5) is 6.86. The van der Waals surface area contributed by atoms with Crippen LogP contribution >= 0.6 is 35.3 Å². The molecule has 0 aromatic carbocycles. The molecule has 0 bridgehead atoms. The van der Waals surface area contributed by atoms with Crippen molar-refractivity contribution in [1.82, 2.24) is 10.6 Å². The number of guanidine groups is 1. The topological polar surface area (TPSA) is 39.7 Å². The van der Waals surface area contributed by atoms with Crippen molar-refractivity contribution in [3.8, 4) is 0 Å². The first-order valence-corrected chi connectivity index (χ1v) is 9.82. The third kappa shape index (κ3) is 7.59. The van der Waals surface area contributed by atoms with Crippen LogP contribution in [-0.4, -0.2) is 38.7 Å². The molecule has 0 amide bonds. The number of piperidine rings is 1. The summed E-state index contributed by atoms with van der Waals surface area (Å²) < 4.78 is 0.